The molecule has 0 saturated carbocycles. The van der Waals surface area contributed by atoms with Crippen LogP contribution in [0, 0.1) is 0 Å². The van der Waals surface area contributed by atoms with Gasteiger partial charge in [0.2, 0.25) is 0 Å². The number of nitrogens with one attached hydrogen (secondary N) is 1. The van der Waals surface area contributed by atoms with E-state index in [-0.39, 0.29) is 0 Å². The molecule has 0 aromatic rings. The van der Waals surface area contributed by atoms with Crippen molar-refractivity contribution in [2.24, 2.45) is 0 Å². The molecule has 0 spiro atoms. The third-order valence-corrected chi connectivity index (χ3v) is 3.44. The number of ether oxygens (including phenoxy) is 2. The van der Waals surface area contributed by atoms with E-state index < -0.39 is 6.16 Å². The summed E-state index contributed by atoms with van der Waals surface area (Å²) in [7, 11) is 6.67. The van der Waals surface area contributed by atoms with Crippen LogP contribution in [0.1, 0.15) is 0 Å². The van der Waals surface area contributed by atoms with Crippen molar-refractivity contribution in [2.45, 2.75) is 0 Å². The normalized spacial score (nSPS) is 9.69. The van der Waals surface area contributed by atoms with Crippen molar-refractivity contribution in [2.75, 3.05) is 38.8 Å². The van der Waals surface area contributed by atoms with Crippen LogP contribution in [0.25, 0.3) is 0 Å². The molecule has 0 fully saturated rings. The first-order chi connectivity index (χ1) is 6.31. The zero-order valence-corrected chi connectivity index (χ0v) is 9.50. The highest BCUT2D eigenvalue weighted by Gasteiger charge is 1.98. The Morgan fingerprint density at radius 1 is 1.38 bits per heavy atom. The highest BCUT2D eigenvalue weighted by molar-refractivity contribution is 8.76. The van der Waals surface area contributed by atoms with Crippen LogP contribution in [-0.2, 0) is 9.47 Å². The van der Waals surface area contributed by atoms with E-state index in [1.54, 1.807) is 21.6 Å². The molecular formula is C7H15NO3S2. The van der Waals surface area contributed by atoms with Gasteiger partial charge in [0, 0.05) is 18.1 Å². The second-order valence-electron chi connectivity index (χ2n) is 2.05. The minimum absolute atomic E-state index is 0.407. The molecule has 0 unspecified atom stereocenters. The highest BCUT2D eigenvalue weighted by Crippen LogP contribution is 2.19. The van der Waals surface area contributed by atoms with E-state index in [4.69, 9.17) is 0 Å². The summed E-state index contributed by atoms with van der Waals surface area (Å²) in [4.78, 5) is 10.5. The van der Waals surface area contributed by atoms with Crippen LogP contribution >= 0.6 is 21.6 Å². The van der Waals surface area contributed by atoms with Crippen molar-refractivity contribution in [1.29, 1.82) is 0 Å². The molecule has 0 atom stereocenters. The average molecular weight is 225 g/mol. The largest absolute Gasteiger partial charge is 0.508 e. The number of carbonyl (C=O) groups is 1. The SMILES string of the molecule is CNCCSSCCOC(=O)OC. The van der Waals surface area contributed by atoms with Crippen LogP contribution < -0.4 is 5.32 Å². The molecule has 0 aliphatic carbocycles. The summed E-state index contributed by atoms with van der Waals surface area (Å²) in [6.45, 7) is 1.40. The lowest BCUT2D eigenvalue weighted by atomic mass is 10.8. The summed E-state index contributed by atoms with van der Waals surface area (Å²) >= 11 is 0. The van der Waals surface area contributed by atoms with E-state index in [9.17, 15) is 4.79 Å². The molecule has 0 aliphatic rings. The topological polar surface area (TPSA) is 47.6 Å². The first-order valence-electron chi connectivity index (χ1n) is 3.91. The second-order valence-corrected chi connectivity index (χ2v) is 4.75. The van der Waals surface area contributed by atoms with Crippen LogP contribution in [0.4, 0.5) is 4.79 Å². The lowest BCUT2D eigenvalue weighted by Gasteiger charge is -2.02. The number of methoxy groups -OCH3 is 1. The lowest BCUT2D eigenvalue weighted by molar-refractivity contribution is 0.0779. The third kappa shape index (κ3) is 9.85. The molecule has 6 heteroatoms. The van der Waals surface area contributed by atoms with Crippen LogP contribution in [0.2, 0.25) is 0 Å². The molecule has 0 bridgehead atoms. The molecule has 0 aromatic carbocycles. The molecule has 0 saturated heterocycles. The van der Waals surface area contributed by atoms with Gasteiger partial charge in [0.1, 0.15) is 6.61 Å². The minimum Gasteiger partial charge on any atom is -0.438 e. The van der Waals surface area contributed by atoms with E-state index in [1.807, 2.05) is 7.05 Å². The smallest absolute Gasteiger partial charge is 0.438 e. The molecule has 4 nitrogen and oxygen atoms in total. The first-order valence-corrected chi connectivity index (χ1v) is 6.39. The maximum Gasteiger partial charge on any atom is 0.508 e. The third-order valence-electron chi connectivity index (χ3n) is 1.07. The van der Waals surface area contributed by atoms with Crippen molar-refractivity contribution in [3.63, 3.8) is 0 Å². The molecule has 78 valence electrons. The Balaban J connectivity index is 2.95. The van der Waals surface area contributed by atoms with Crippen molar-refractivity contribution in [3.8, 4) is 0 Å². The first kappa shape index (κ1) is 12.9. The van der Waals surface area contributed by atoms with Crippen LogP contribution in [0.5, 0.6) is 0 Å². The Hall–Kier alpha value is -0.0700. The van der Waals surface area contributed by atoms with Gasteiger partial charge in [-0.1, -0.05) is 21.6 Å². The Morgan fingerprint density at radius 2 is 2.08 bits per heavy atom. The fraction of sp³-hybridized carbons (Fsp3) is 0.857. The van der Waals surface area contributed by atoms with Gasteiger partial charge in [-0.25, -0.2) is 4.79 Å². The second kappa shape index (κ2) is 10.0. The minimum atomic E-state index is -0.610. The van der Waals surface area contributed by atoms with Gasteiger partial charge in [0.15, 0.2) is 0 Å². The van der Waals surface area contributed by atoms with E-state index in [0.29, 0.717) is 6.61 Å². The Bertz CT molecular complexity index is 135. The summed E-state index contributed by atoms with van der Waals surface area (Å²) in [6, 6.07) is 0. The molecule has 0 aromatic heterocycles. The summed E-state index contributed by atoms with van der Waals surface area (Å²) < 4.78 is 8.99. The monoisotopic (exact) mass is 225 g/mol. The predicted molar refractivity (Wildman–Crippen MR) is 57.2 cm³/mol. The number of hydrogen-bond donors (Lipinski definition) is 1. The molecule has 0 radical (unpaired) electrons. The zero-order valence-electron chi connectivity index (χ0n) is 7.87. The van der Waals surface area contributed by atoms with Gasteiger partial charge in [0.05, 0.1) is 7.11 Å². The summed E-state index contributed by atoms with van der Waals surface area (Å²) in [5.41, 5.74) is 0. The summed E-state index contributed by atoms with van der Waals surface area (Å²) in [6.07, 6.45) is -0.610. The van der Waals surface area contributed by atoms with Crippen molar-refractivity contribution in [3.05, 3.63) is 0 Å². The van der Waals surface area contributed by atoms with Crippen molar-refractivity contribution in [1.82, 2.24) is 5.32 Å². The summed E-state index contributed by atoms with van der Waals surface area (Å²) in [5.74, 6) is 1.85. The number of hydrogen-bond acceptors (Lipinski definition) is 6. The van der Waals surface area contributed by atoms with Gasteiger partial charge in [-0.05, 0) is 7.05 Å². The molecule has 0 amide bonds. The van der Waals surface area contributed by atoms with Gasteiger partial charge in [0.25, 0.3) is 0 Å². The van der Waals surface area contributed by atoms with Gasteiger partial charge in [-0.15, -0.1) is 0 Å². The van der Waals surface area contributed by atoms with Gasteiger partial charge in [-0.3, -0.25) is 0 Å². The highest BCUT2D eigenvalue weighted by atomic mass is 33.1. The molecule has 0 rings (SSSR count). The molecule has 1 N–H and O–H groups in total. The quantitative estimate of drug-likeness (QED) is 0.401. The molecular weight excluding hydrogens is 210 g/mol. The molecule has 0 heterocycles. The van der Waals surface area contributed by atoms with Crippen LogP contribution in [0.15, 0.2) is 0 Å². The number of carbonyl (C=O) groups excluding carboxylic acids is 1. The standard InChI is InChI=1S/C7H15NO3S2/c1-8-3-5-12-13-6-4-11-7(9)10-2/h8H,3-6H2,1-2H3. The fourth-order valence-corrected chi connectivity index (χ4v) is 2.32. The Kier molecular flexibility index (Phi) is 9.96. The molecule has 13 heavy (non-hydrogen) atoms. The van der Waals surface area contributed by atoms with E-state index >= 15 is 0 Å². The van der Waals surface area contributed by atoms with E-state index in [2.05, 4.69) is 14.8 Å². The van der Waals surface area contributed by atoms with E-state index in [0.717, 1.165) is 18.1 Å². The maximum atomic E-state index is 10.5. The lowest BCUT2D eigenvalue weighted by Crippen LogP contribution is -2.09. The van der Waals surface area contributed by atoms with Crippen LogP contribution in [-0.4, -0.2) is 45.0 Å². The predicted octanol–water partition coefficient (Wildman–Crippen LogP) is 1.37. The van der Waals surface area contributed by atoms with E-state index in [1.165, 1.54) is 7.11 Å². The van der Waals surface area contributed by atoms with Crippen LogP contribution in [0.3, 0.4) is 0 Å². The summed E-state index contributed by atoms with van der Waals surface area (Å²) in [5, 5.41) is 3.05. The number of rotatable bonds is 7. The molecule has 0 aliphatic heterocycles. The Labute approximate surface area is 86.5 Å². The van der Waals surface area contributed by atoms with Gasteiger partial charge < -0.3 is 14.8 Å². The zero-order chi connectivity index (χ0) is 9.94. The van der Waals surface area contributed by atoms with Gasteiger partial charge in [-0.2, -0.15) is 0 Å². The fourth-order valence-electron chi connectivity index (χ4n) is 0.480. The van der Waals surface area contributed by atoms with Crippen molar-refractivity contribution < 1.29 is 14.3 Å². The Morgan fingerprint density at radius 3 is 2.69 bits per heavy atom. The van der Waals surface area contributed by atoms with Crippen molar-refractivity contribution >= 4 is 27.7 Å². The maximum absolute atomic E-state index is 10.5. The van der Waals surface area contributed by atoms with Gasteiger partial charge >= 0.3 is 6.16 Å². The average Bonchev–Trinajstić information content (AvgIpc) is 2.16.